The van der Waals surface area contributed by atoms with E-state index >= 15 is 0 Å². The maximum atomic E-state index is 12.2. The first-order chi connectivity index (χ1) is 17.5. The molecule has 0 aliphatic heterocycles. The number of aliphatic carboxylic acids is 1. The van der Waals surface area contributed by atoms with Crippen LogP contribution in [0, 0.1) is 0 Å². The van der Waals surface area contributed by atoms with Gasteiger partial charge in [0.05, 0.1) is 10.0 Å². The number of aromatic nitrogens is 1. The van der Waals surface area contributed by atoms with E-state index in [0.717, 1.165) is 38.4 Å². The molecule has 1 heterocycles. The second kappa shape index (κ2) is 10.6. The Morgan fingerprint density at radius 3 is 2.53 bits per heavy atom. The van der Waals surface area contributed by atoms with Gasteiger partial charge < -0.3 is 14.8 Å². The maximum Gasteiger partial charge on any atom is 0.321 e. The smallest absolute Gasteiger partial charge is 0.321 e. The van der Waals surface area contributed by atoms with Gasteiger partial charge in [-0.3, -0.25) is 10.1 Å². The van der Waals surface area contributed by atoms with Crippen molar-refractivity contribution in [3.63, 3.8) is 0 Å². The van der Waals surface area contributed by atoms with Crippen molar-refractivity contribution in [1.29, 1.82) is 0 Å². The second-order valence-electron chi connectivity index (χ2n) is 8.64. The van der Waals surface area contributed by atoms with Crippen molar-refractivity contribution in [2.45, 2.75) is 25.6 Å². The second-order valence-corrected chi connectivity index (χ2v) is 9.45. The maximum absolute atomic E-state index is 12.2. The molecular weight excluding hydrogens is 495 g/mol. The highest BCUT2D eigenvalue weighted by Crippen LogP contribution is 2.30. The van der Waals surface area contributed by atoms with Gasteiger partial charge in [-0.05, 0) is 46.2 Å². The first-order valence-corrected chi connectivity index (χ1v) is 12.3. The van der Waals surface area contributed by atoms with Crippen molar-refractivity contribution in [2.24, 2.45) is 0 Å². The van der Waals surface area contributed by atoms with Crippen LogP contribution in [-0.2, 0) is 24.4 Å². The van der Waals surface area contributed by atoms with Gasteiger partial charge in [-0.25, -0.2) is 0 Å². The molecule has 0 saturated heterocycles. The zero-order valence-corrected chi connectivity index (χ0v) is 20.8. The van der Waals surface area contributed by atoms with E-state index in [1.54, 1.807) is 12.1 Å². The molecule has 0 radical (unpaired) electrons. The summed E-state index contributed by atoms with van der Waals surface area (Å²) in [7, 11) is 0. The van der Waals surface area contributed by atoms with Crippen molar-refractivity contribution in [2.75, 3.05) is 0 Å². The predicted octanol–water partition coefficient (Wildman–Crippen LogP) is 6.99. The number of benzene rings is 4. The van der Waals surface area contributed by atoms with Gasteiger partial charge in [0.2, 0.25) is 0 Å². The Balaban J connectivity index is 1.39. The normalized spacial score (nSPS) is 12.2. The van der Waals surface area contributed by atoms with Crippen LogP contribution in [0.5, 0.6) is 5.75 Å². The lowest BCUT2D eigenvalue weighted by Gasteiger charge is -2.18. The van der Waals surface area contributed by atoms with Crippen molar-refractivity contribution in [3.8, 4) is 5.75 Å². The summed E-state index contributed by atoms with van der Waals surface area (Å²) in [6, 6.07) is 24.4. The number of ether oxygens (including phenoxy) is 1. The summed E-state index contributed by atoms with van der Waals surface area (Å²) in [5.41, 5.74) is 3.74. The molecule has 0 spiro atoms. The molecule has 1 atom stereocenters. The summed E-state index contributed by atoms with van der Waals surface area (Å²) in [5, 5.41) is 17.3. The lowest BCUT2D eigenvalue weighted by Crippen LogP contribution is -2.38. The standard InChI is InChI=1S/C29H24Cl2N2O3/c30-24-11-9-18(13-25(24)31)17-36-28-12-10-19-5-1-2-6-21(19)23(28)16-33-27(29(34)35)14-20-15-32-26-8-4-3-7-22(20)26/h1-13,15,27,32-33H,14,16-17H2,(H,34,35). The van der Waals surface area contributed by atoms with Crippen LogP contribution in [0.25, 0.3) is 21.7 Å². The first kappa shape index (κ1) is 24.2. The van der Waals surface area contributed by atoms with Crippen LogP contribution < -0.4 is 10.1 Å². The Morgan fingerprint density at radius 1 is 0.944 bits per heavy atom. The van der Waals surface area contributed by atoms with Gasteiger partial charge in [0.25, 0.3) is 0 Å². The van der Waals surface area contributed by atoms with Crippen LogP contribution in [-0.4, -0.2) is 22.1 Å². The number of carbonyl (C=O) groups is 1. The van der Waals surface area contributed by atoms with Gasteiger partial charge in [0, 0.05) is 35.6 Å². The first-order valence-electron chi connectivity index (χ1n) is 11.6. The number of carboxylic acids is 1. The molecule has 182 valence electrons. The number of nitrogens with one attached hydrogen (secondary N) is 2. The molecule has 1 aromatic heterocycles. The average molecular weight is 519 g/mol. The van der Waals surface area contributed by atoms with E-state index in [1.807, 2.05) is 72.9 Å². The van der Waals surface area contributed by atoms with E-state index in [9.17, 15) is 9.90 Å². The number of H-pyrrole nitrogens is 1. The minimum Gasteiger partial charge on any atom is -0.489 e. The minimum absolute atomic E-state index is 0.305. The largest absolute Gasteiger partial charge is 0.489 e. The predicted molar refractivity (Wildman–Crippen MR) is 145 cm³/mol. The van der Waals surface area contributed by atoms with Crippen molar-refractivity contribution < 1.29 is 14.6 Å². The highest BCUT2D eigenvalue weighted by molar-refractivity contribution is 6.42. The quantitative estimate of drug-likeness (QED) is 0.196. The van der Waals surface area contributed by atoms with Crippen LogP contribution in [0.15, 0.2) is 85.1 Å². The van der Waals surface area contributed by atoms with Gasteiger partial charge >= 0.3 is 5.97 Å². The van der Waals surface area contributed by atoms with Crippen LogP contribution in [0.3, 0.4) is 0 Å². The summed E-state index contributed by atoms with van der Waals surface area (Å²) in [6.07, 6.45) is 2.23. The molecule has 0 aliphatic carbocycles. The summed E-state index contributed by atoms with van der Waals surface area (Å²) in [5.74, 6) is -0.220. The number of halogens is 2. The van der Waals surface area contributed by atoms with E-state index in [4.69, 9.17) is 27.9 Å². The van der Waals surface area contributed by atoms with Crippen LogP contribution in [0.2, 0.25) is 10.0 Å². The van der Waals surface area contributed by atoms with Crippen LogP contribution in [0.1, 0.15) is 16.7 Å². The van der Waals surface area contributed by atoms with Crippen LogP contribution >= 0.6 is 23.2 Å². The van der Waals surface area contributed by atoms with Crippen LogP contribution in [0.4, 0.5) is 0 Å². The minimum atomic E-state index is -0.904. The third-order valence-electron chi connectivity index (χ3n) is 6.30. The molecular formula is C29H24Cl2N2O3. The molecule has 0 amide bonds. The average Bonchev–Trinajstić information content (AvgIpc) is 3.30. The van der Waals surface area contributed by atoms with Crippen molar-refractivity contribution in [1.82, 2.24) is 10.3 Å². The summed E-state index contributed by atoms with van der Waals surface area (Å²) in [6.45, 7) is 0.636. The molecule has 0 saturated carbocycles. The van der Waals surface area contributed by atoms with E-state index in [2.05, 4.69) is 10.3 Å². The number of para-hydroxylation sites is 1. The molecule has 0 fully saturated rings. The highest BCUT2D eigenvalue weighted by atomic mass is 35.5. The van der Waals surface area contributed by atoms with E-state index in [0.29, 0.717) is 35.4 Å². The van der Waals surface area contributed by atoms with Gasteiger partial charge in [-0.15, -0.1) is 0 Å². The molecule has 3 N–H and O–H groups in total. The van der Waals surface area contributed by atoms with Gasteiger partial charge in [-0.2, -0.15) is 0 Å². The number of hydrogen-bond donors (Lipinski definition) is 3. The van der Waals surface area contributed by atoms with Crippen molar-refractivity contribution >= 4 is 50.8 Å². The molecule has 5 aromatic rings. The van der Waals surface area contributed by atoms with Crippen molar-refractivity contribution in [3.05, 3.63) is 112 Å². The summed E-state index contributed by atoms with van der Waals surface area (Å²) >= 11 is 12.2. The molecule has 4 aromatic carbocycles. The molecule has 7 heteroatoms. The zero-order chi connectivity index (χ0) is 25.1. The Kier molecular flexibility index (Phi) is 7.14. The zero-order valence-electron chi connectivity index (χ0n) is 19.3. The molecule has 0 bridgehead atoms. The fourth-order valence-corrected chi connectivity index (χ4v) is 4.74. The Morgan fingerprint density at radius 2 is 1.72 bits per heavy atom. The Bertz CT molecular complexity index is 1550. The fourth-order valence-electron chi connectivity index (χ4n) is 4.42. The topological polar surface area (TPSA) is 74.3 Å². The summed E-state index contributed by atoms with van der Waals surface area (Å²) < 4.78 is 6.19. The van der Waals surface area contributed by atoms with Gasteiger partial charge in [0.1, 0.15) is 18.4 Å². The Hall–Kier alpha value is -3.51. The molecule has 5 nitrogen and oxygen atoms in total. The number of fused-ring (bicyclic) bond motifs is 2. The van der Waals surface area contributed by atoms with Gasteiger partial charge in [0.15, 0.2) is 0 Å². The number of aromatic amines is 1. The molecule has 5 rings (SSSR count). The molecule has 0 aliphatic rings. The highest BCUT2D eigenvalue weighted by Gasteiger charge is 2.21. The van der Waals surface area contributed by atoms with E-state index in [-0.39, 0.29) is 0 Å². The Labute approximate surface area is 218 Å². The number of rotatable bonds is 9. The fraction of sp³-hybridized carbons (Fsp3) is 0.138. The SMILES string of the molecule is O=C(O)C(Cc1c[nH]c2ccccc12)NCc1c(OCc2ccc(Cl)c(Cl)c2)ccc2ccccc12. The third-order valence-corrected chi connectivity index (χ3v) is 7.04. The molecule has 1 unspecified atom stereocenters. The monoisotopic (exact) mass is 518 g/mol. The molecule has 36 heavy (non-hydrogen) atoms. The number of carboxylic acid groups (broad SMARTS) is 1. The number of hydrogen-bond acceptors (Lipinski definition) is 3. The summed E-state index contributed by atoms with van der Waals surface area (Å²) in [4.78, 5) is 15.4. The van der Waals surface area contributed by atoms with E-state index in [1.165, 1.54) is 0 Å². The lowest BCUT2D eigenvalue weighted by molar-refractivity contribution is -0.139. The van der Waals surface area contributed by atoms with E-state index < -0.39 is 12.0 Å². The lowest BCUT2D eigenvalue weighted by atomic mass is 10.0. The third kappa shape index (κ3) is 5.19. The van der Waals surface area contributed by atoms with Gasteiger partial charge in [-0.1, -0.05) is 77.8 Å².